The molecule has 15 heavy (non-hydrogen) atoms. The first-order chi connectivity index (χ1) is 7.24. The predicted octanol–water partition coefficient (Wildman–Crippen LogP) is 3.38. The zero-order chi connectivity index (χ0) is 10.7. The van der Waals surface area contributed by atoms with E-state index in [-0.39, 0.29) is 0 Å². The summed E-state index contributed by atoms with van der Waals surface area (Å²) in [6.45, 7) is 1.15. The molecule has 1 aromatic rings. The average Bonchev–Trinajstić information content (AvgIpc) is 2.15. The maximum Gasteiger partial charge on any atom is 0.0177 e. The highest BCUT2D eigenvalue weighted by Crippen LogP contribution is 2.43. The van der Waals surface area contributed by atoms with Crippen molar-refractivity contribution in [2.24, 2.45) is 5.41 Å². The Morgan fingerprint density at radius 2 is 2.20 bits per heavy atom. The van der Waals surface area contributed by atoms with E-state index in [2.05, 4.69) is 52.6 Å². The van der Waals surface area contributed by atoms with Gasteiger partial charge in [0.15, 0.2) is 0 Å². The van der Waals surface area contributed by atoms with Crippen LogP contribution < -0.4 is 5.32 Å². The minimum absolute atomic E-state index is 0.537. The molecular weight excluding hydrogens is 250 g/mol. The molecule has 0 heterocycles. The molecule has 0 radical (unpaired) electrons. The van der Waals surface area contributed by atoms with Crippen LogP contribution in [0, 0.1) is 5.41 Å². The summed E-state index contributed by atoms with van der Waals surface area (Å²) in [6.07, 6.45) is 5.36. The van der Waals surface area contributed by atoms with Gasteiger partial charge in [0.1, 0.15) is 0 Å². The van der Waals surface area contributed by atoms with Gasteiger partial charge in [0.25, 0.3) is 0 Å². The van der Waals surface area contributed by atoms with E-state index in [1.165, 1.54) is 35.7 Å². The van der Waals surface area contributed by atoms with Crippen molar-refractivity contribution in [1.82, 2.24) is 5.32 Å². The Kier molecular flexibility index (Phi) is 3.47. The summed E-state index contributed by atoms with van der Waals surface area (Å²) in [7, 11) is 2.06. The highest BCUT2D eigenvalue weighted by atomic mass is 79.9. The number of rotatable bonds is 4. The van der Waals surface area contributed by atoms with Gasteiger partial charge in [-0.1, -0.05) is 34.5 Å². The number of hydrogen-bond acceptors (Lipinski definition) is 1. The maximum atomic E-state index is 3.53. The van der Waals surface area contributed by atoms with Gasteiger partial charge in [0.2, 0.25) is 0 Å². The Hall–Kier alpha value is -0.340. The lowest BCUT2D eigenvalue weighted by Crippen LogP contribution is -2.40. The first kappa shape index (κ1) is 11.2. The standard InChI is InChI=1S/C13H18BrN/c1-15-10-13(6-3-7-13)9-11-4-2-5-12(14)8-11/h2,4-5,8,15H,3,6-7,9-10H2,1H3. The van der Waals surface area contributed by atoms with E-state index < -0.39 is 0 Å². The van der Waals surface area contributed by atoms with Crippen molar-refractivity contribution in [3.63, 3.8) is 0 Å². The van der Waals surface area contributed by atoms with Crippen LogP contribution in [0.5, 0.6) is 0 Å². The molecule has 1 nitrogen and oxygen atoms in total. The average molecular weight is 268 g/mol. The molecular formula is C13H18BrN. The maximum absolute atomic E-state index is 3.53. The minimum Gasteiger partial charge on any atom is -0.319 e. The van der Waals surface area contributed by atoms with Crippen LogP contribution >= 0.6 is 15.9 Å². The molecule has 1 aliphatic carbocycles. The molecule has 0 saturated heterocycles. The monoisotopic (exact) mass is 267 g/mol. The molecule has 1 aliphatic rings. The van der Waals surface area contributed by atoms with Crippen molar-refractivity contribution in [3.8, 4) is 0 Å². The van der Waals surface area contributed by atoms with Crippen LogP contribution in [0.25, 0.3) is 0 Å². The first-order valence-electron chi connectivity index (χ1n) is 5.63. The van der Waals surface area contributed by atoms with Gasteiger partial charge < -0.3 is 5.32 Å². The molecule has 2 heteroatoms. The van der Waals surface area contributed by atoms with Gasteiger partial charge in [0, 0.05) is 11.0 Å². The third-order valence-electron chi connectivity index (χ3n) is 3.43. The van der Waals surface area contributed by atoms with E-state index in [0.717, 1.165) is 6.54 Å². The van der Waals surface area contributed by atoms with Crippen LogP contribution in [0.1, 0.15) is 24.8 Å². The molecule has 0 aromatic heterocycles. The minimum atomic E-state index is 0.537. The molecule has 0 aliphatic heterocycles. The summed E-state index contributed by atoms with van der Waals surface area (Å²) in [5.74, 6) is 0. The Morgan fingerprint density at radius 1 is 1.40 bits per heavy atom. The lowest BCUT2D eigenvalue weighted by Gasteiger charge is -2.42. The first-order valence-corrected chi connectivity index (χ1v) is 6.42. The van der Waals surface area contributed by atoms with Gasteiger partial charge in [-0.3, -0.25) is 0 Å². The van der Waals surface area contributed by atoms with Crippen molar-refractivity contribution in [2.45, 2.75) is 25.7 Å². The molecule has 0 amide bonds. The molecule has 2 rings (SSSR count). The zero-order valence-corrected chi connectivity index (χ0v) is 10.8. The normalized spacial score (nSPS) is 18.5. The van der Waals surface area contributed by atoms with Crippen LogP contribution in [0.15, 0.2) is 28.7 Å². The summed E-state index contributed by atoms with van der Waals surface area (Å²) in [5, 5.41) is 3.33. The second-order valence-corrected chi connectivity index (χ2v) is 5.61. The molecule has 82 valence electrons. The van der Waals surface area contributed by atoms with E-state index in [0.29, 0.717) is 5.41 Å². The van der Waals surface area contributed by atoms with Gasteiger partial charge in [-0.15, -0.1) is 0 Å². The van der Waals surface area contributed by atoms with Crippen LogP contribution in [0.4, 0.5) is 0 Å². The highest BCUT2D eigenvalue weighted by Gasteiger charge is 2.36. The Balaban J connectivity index is 2.06. The van der Waals surface area contributed by atoms with Gasteiger partial charge in [0.05, 0.1) is 0 Å². The topological polar surface area (TPSA) is 12.0 Å². The number of halogens is 1. The Morgan fingerprint density at radius 3 is 2.73 bits per heavy atom. The molecule has 0 bridgehead atoms. The number of hydrogen-bond donors (Lipinski definition) is 1. The second kappa shape index (κ2) is 4.67. The lowest BCUT2D eigenvalue weighted by molar-refractivity contribution is 0.133. The molecule has 0 spiro atoms. The van der Waals surface area contributed by atoms with Gasteiger partial charge in [-0.25, -0.2) is 0 Å². The molecule has 1 fully saturated rings. The van der Waals surface area contributed by atoms with Crippen molar-refractivity contribution in [2.75, 3.05) is 13.6 Å². The quantitative estimate of drug-likeness (QED) is 0.882. The molecule has 1 saturated carbocycles. The van der Waals surface area contributed by atoms with Crippen molar-refractivity contribution >= 4 is 15.9 Å². The second-order valence-electron chi connectivity index (χ2n) is 4.69. The van der Waals surface area contributed by atoms with Crippen LogP contribution in [0.3, 0.4) is 0 Å². The number of nitrogens with one attached hydrogen (secondary N) is 1. The summed E-state index contributed by atoms with van der Waals surface area (Å²) < 4.78 is 1.19. The Labute approximate surface area is 100 Å². The SMILES string of the molecule is CNCC1(Cc2cccc(Br)c2)CCC1. The fourth-order valence-electron chi connectivity index (χ4n) is 2.55. The van der Waals surface area contributed by atoms with E-state index in [1.54, 1.807) is 0 Å². The third kappa shape index (κ3) is 2.61. The molecule has 1 N–H and O–H groups in total. The van der Waals surface area contributed by atoms with Gasteiger partial charge in [-0.05, 0) is 49.4 Å². The van der Waals surface area contributed by atoms with Crippen molar-refractivity contribution in [1.29, 1.82) is 0 Å². The molecule has 1 aromatic carbocycles. The summed E-state index contributed by atoms with van der Waals surface area (Å²) in [5.41, 5.74) is 1.99. The summed E-state index contributed by atoms with van der Waals surface area (Å²) in [6, 6.07) is 8.70. The lowest BCUT2D eigenvalue weighted by atomic mass is 9.65. The Bertz CT molecular complexity index is 331. The van der Waals surface area contributed by atoms with E-state index >= 15 is 0 Å². The third-order valence-corrected chi connectivity index (χ3v) is 3.93. The van der Waals surface area contributed by atoms with Crippen LogP contribution in [-0.2, 0) is 6.42 Å². The summed E-state index contributed by atoms with van der Waals surface area (Å²) in [4.78, 5) is 0. The van der Waals surface area contributed by atoms with E-state index in [9.17, 15) is 0 Å². The largest absolute Gasteiger partial charge is 0.319 e. The smallest absolute Gasteiger partial charge is 0.0177 e. The predicted molar refractivity (Wildman–Crippen MR) is 68.1 cm³/mol. The van der Waals surface area contributed by atoms with Crippen LogP contribution in [-0.4, -0.2) is 13.6 Å². The highest BCUT2D eigenvalue weighted by molar-refractivity contribution is 9.10. The number of benzene rings is 1. The molecule has 0 unspecified atom stereocenters. The fraction of sp³-hybridized carbons (Fsp3) is 0.538. The van der Waals surface area contributed by atoms with Crippen LogP contribution in [0.2, 0.25) is 0 Å². The summed E-state index contributed by atoms with van der Waals surface area (Å²) >= 11 is 3.53. The van der Waals surface area contributed by atoms with E-state index in [4.69, 9.17) is 0 Å². The fourth-order valence-corrected chi connectivity index (χ4v) is 2.99. The van der Waals surface area contributed by atoms with Gasteiger partial charge >= 0.3 is 0 Å². The zero-order valence-electron chi connectivity index (χ0n) is 9.22. The van der Waals surface area contributed by atoms with Gasteiger partial charge in [-0.2, -0.15) is 0 Å². The molecule has 0 atom stereocenters. The van der Waals surface area contributed by atoms with Crippen molar-refractivity contribution < 1.29 is 0 Å². The van der Waals surface area contributed by atoms with Crippen molar-refractivity contribution in [3.05, 3.63) is 34.3 Å². The van der Waals surface area contributed by atoms with E-state index in [1.807, 2.05) is 0 Å².